The highest BCUT2D eigenvalue weighted by Crippen LogP contribution is 2.24. The number of hydrogen-bond donors (Lipinski definition) is 1. The van der Waals surface area contributed by atoms with E-state index in [2.05, 4.69) is 29.5 Å². The van der Waals surface area contributed by atoms with Gasteiger partial charge in [0.1, 0.15) is 5.82 Å². The smallest absolute Gasteiger partial charge is 0.161 e. The van der Waals surface area contributed by atoms with Gasteiger partial charge in [0.15, 0.2) is 5.65 Å². The average molecular weight is 338 g/mol. The molecule has 4 rings (SSSR count). The maximum atomic E-state index is 5.72. The molecule has 0 spiro atoms. The topological polar surface area (TPSA) is 60.7 Å². The fraction of sp³-hybridized carbons (Fsp3) is 0.368. The quantitative estimate of drug-likeness (QED) is 0.793. The first-order valence-electron chi connectivity index (χ1n) is 8.58. The van der Waals surface area contributed by atoms with Gasteiger partial charge in [-0.25, -0.2) is 4.98 Å². The number of nitrogens with zero attached hydrogens (tertiary/aromatic N) is 3. The van der Waals surface area contributed by atoms with Crippen LogP contribution in [0.2, 0.25) is 0 Å². The molecule has 0 unspecified atom stereocenters. The molecule has 6 nitrogen and oxygen atoms in total. The Morgan fingerprint density at radius 1 is 1.20 bits per heavy atom. The second-order valence-corrected chi connectivity index (χ2v) is 6.29. The van der Waals surface area contributed by atoms with Gasteiger partial charge in [0.2, 0.25) is 0 Å². The zero-order chi connectivity index (χ0) is 17.2. The maximum Gasteiger partial charge on any atom is 0.161 e. The van der Waals surface area contributed by atoms with Crippen molar-refractivity contribution >= 4 is 11.5 Å². The van der Waals surface area contributed by atoms with Crippen molar-refractivity contribution in [3.05, 3.63) is 47.7 Å². The number of rotatable bonds is 4. The molecule has 1 aliphatic rings. The molecule has 0 saturated carbocycles. The summed E-state index contributed by atoms with van der Waals surface area (Å²) in [6.07, 6.45) is 0.0508. The summed E-state index contributed by atoms with van der Waals surface area (Å²) in [5.74, 6) is 0.911. The molecule has 6 heteroatoms. The van der Waals surface area contributed by atoms with E-state index >= 15 is 0 Å². The maximum absolute atomic E-state index is 5.72. The second kappa shape index (κ2) is 6.82. The van der Waals surface area contributed by atoms with Gasteiger partial charge in [-0.2, -0.15) is 9.61 Å². The third-order valence-corrected chi connectivity index (χ3v) is 4.52. The Labute approximate surface area is 146 Å². The monoisotopic (exact) mass is 338 g/mol. The Hall–Kier alpha value is -2.44. The summed E-state index contributed by atoms with van der Waals surface area (Å²) in [5.41, 5.74) is 4.97. The zero-order valence-electron chi connectivity index (χ0n) is 14.5. The van der Waals surface area contributed by atoms with Gasteiger partial charge in [-0.1, -0.05) is 30.3 Å². The minimum absolute atomic E-state index is 0.0508. The molecule has 25 heavy (non-hydrogen) atoms. The van der Waals surface area contributed by atoms with Crippen molar-refractivity contribution in [1.82, 2.24) is 14.6 Å². The van der Waals surface area contributed by atoms with Crippen LogP contribution < -0.4 is 5.32 Å². The first kappa shape index (κ1) is 16.1. The Kier molecular flexibility index (Phi) is 4.38. The third kappa shape index (κ3) is 3.23. The lowest BCUT2D eigenvalue weighted by Crippen LogP contribution is -2.34. The van der Waals surface area contributed by atoms with E-state index in [9.17, 15) is 0 Å². The fourth-order valence-electron chi connectivity index (χ4n) is 2.98. The van der Waals surface area contributed by atoms with E-state index in [1.54, 1.807) is 0 Å². The van der Waals surface area contributed by atoms with Crippen molar-refractivity contribution in [1.29, 1.82) is 0 Å². The van der Waals surface area contributed by atoms with Crippen molar-refractivity contribution in [3.8, 4) is 11.3 Å². The first-order chi connectivity index (χ1) is 12.2. The molecule has 1 saturated heterocycles. The highest BCUT2D eigenvalue weighted by molar-refractivity contribution is 5.68. The molecule has 2 aromatic heterocycles. The van der Waals surface area contributed by atoms with Crippen LogP contribution >= 0.6 is 0 Å². The molecule has 3 aromatic rings. The Morgan fingerprint density at radius 3 is 2.80 bits per heavy atom. The average Bonchev–Trinajstić information content (AvgIpc) is 2.96. The summed E-state index contributed by atoms with van der Waals surface area (Å²) in [6.45, 7) is 6.67. The van der Waals surface area contributed by atoms with Crippen LogP contribution in [0.25, 0.3) is 16.9 Å². The molecule has 1 aromatic carbocycles. The molecule has 130 valence electrons. The van der Waals surface area contributed by atoms with E-state index in [0.717, 1.165) is 34.0 Å². The summed E-state index contributed by atoms with van der Waals surface area (Å²) >= 11 is 0. The van der Waals surface area contributed by atoms with Crippen molar-refractivity contribution < 1.29 is 9.47 Å². The number of nitrogens with one attached hydrogen (secondary N) is 1. The summed E-state index contributed by atoms with van der Waals surface area (Å²) in [6, 6.07) is 12.2. The van der Waals surface area contributed by atoms with E-state index in [0.29, 0.717) is 26.4 Å². The minimum atomic E-state index is 0.0508. The van der Waals surface area contributed by atoms with Crippen molar-refractivity contribution in [2.24, 2.45) is 0 Å². The van der Waals surface area contributed by atoms with Crippen LogP contribution in [0.3, 0.4) is 0 Å². The van der Waals surface area contributed by atoms with Crippen LogP contribution in [0.1, 0.15) is 11.3 Å². The Bertz CT molecular complexity index is 870. The van der Waals surface area contributed by atoms with E-state index in [-0.39, 0.29) is 6.10 Å². The van der Waals surface area contributed by atoms with Crippen molar-refractivity contribution in [2.45, 2.75) is 20.0 Å². The molecule has 0 aliphatic carbocycles. The molecule has 0 radical (unpaired) electrons. The second-order valence-electron chi connectivity index (χ2n) is 6.29. The summed E-state index contributed by atoms with van der Waals surface area (Å²) in [5, 5.41) is 8.09. The highest BCUT2D eigenvalue weighted by atomic mass is 16.6. The predicted octanol–water partition coefficient (Wildman–Crippen LogP) is 2.84. The van der Waals surface area contributed by atoms with Gasteiger partial charge in [0.25, 0.3) is 0 Å². The molecular formula is C19H22N4O2. The van der Waals surface area contributed by atoms with Crippen LogP contribution in [-0.2, 0) is 9.47 Å². The van der Waals surface area contributed by atoms with E-state index in [1.807, 2.05) is 35.7 Å². The Morgan fingerprint density at radius 2 is 2.04 bits per heavy atom. The standard InChI is InChI=1S/C19H22N4O2/c1-13-14(2)22-23-18(20-11-16-12-24-8-9-25-16)10-17(21-19(13)23)15-6-4-3-5-7-15/h3-7,10,16,20H,8-9,11-12H2,1-2H3/t16-/m0/s1. The fourth-order valence-corrected chi connectivity index (χ4v) is 2.98. The van der Waals surface area contributed by atoms with E-state index in [4.69, 9.17) is 14.5 Å². The first-order valence-corrected chi connectivity index (χ1v) is 8.58. The molecule has 1 N–H and O–H groups in total. The lowest BCUT2D eigenvalue weighted by atomic mass is 10.1. The summed E-state index contributed by atoms with van der Waals surface area (Å²) < 4.78 is 13.1. The van der Waals surface area contributed by atoms with Crippen LogP contribution in [-0.4, -0.2) is 47.1 Å². The van der Waals surface area contributed by atoms with Crippen molar-refractivity contribution in [2.75, 3.05) is 31.7 Å². The van der Waals surface area contributed by atoms with Crippen LogP contribution in [0.4, 0.5) is 5.82 Å². The van der Waals surface area contributed by atoms with Gasteiger partial charge >= 0.3 is 0 Å². The number of aromatic nitrogens is 3. The molecule has 1 atom stereocenters. The van der Waals surface area contributed by atoms with Crippen LogP contribution in [0, 0.1) is 13.8 Å². The number of aryl methyl sites for hydroxylation is 2. The van der Waals surface area contributed by atoms with Gasteiger partial charge in [0, 0.05) is 23.7 Å². The highest BCUT2D eigenvalue weighted by Gasteiger charge is 2.17. The molecule has 1 aliphatic heterocycles. The van der Waals surface area contributed by atoms with Crippen LogP contribution in [0.5, 0.6) is 0 Å². The summed E-state index contributed by atoms with van der Waals surface area (Å²) in [7, 11) is 0. The normalized spacial score (nSPS) is 17.8. The molecule has 0 bridgehead atoms. The van der Waals surface area contributed by atoms with Gasteiger partial charge < -0.3 is 14.8 Å². The summed E-state index contributed by atoms with van der Waals surface area (Å²) in [4.78, 5) is 4.83. The molecule has 0 amide bonds. The van der Waals surface area contributed by atoms with E-state index < -0.39 is 0 Å². The minimum Gasteiger partial charge on any atom is -0.376 e. The van der Waals surface area contributed by atoms with Crippen LogP contribution in [0.15, 0.2) is 36.4 Å². The van der Waals surface area contributed by atoms with Gasteiger partial charge in [-0.15, -0.1) is 0 Å². The zero-order valence-corrected chi connectivity index (χ0v) is 14.5. The lowest BCUT2D eigenvalue weighted by Gasteiger charge is -2.23. The van der Waals surface area contributed by atoms with Gasteiger partial charge in [-0.3, -0.25) is 0 Å². The number of benzene rings is 1. The van der Waals surface area contributed by atoms with Gasteiger partial charge in [0.05, 0.1) is 37.3 Å². The SMILES string of the molecule is Cc1nn2c(NC[C@H]3COCCO3)cc(-c3ccccc3)nc2c1C. The van der Waals surface area contributed by atoms with Crippen molar-refractivity contribution in [3.63, 3.8) is 0 Å². The molecule has 1 fully saturated rings. The molecular weight excluding hydrogens is 316 g/mol. The Balaban J connectivity index is 1.71. The predicted molar refractivity (Wildman–Crippen MR) is 96.9 cm³/mol. The lowest BCUT2D eigenvalue weighted by molar-refractivity contribution is -0.0819. The number of anilines is 1. The largest absolute Gasteiger partial charge is 0.376 e. The number of fused-ring (bicyclic) bond motifs is 1. The number of hydrogen-bond acceptors (Lipinski definition) is 5. The van der Waals surface area contributed by atoms with E-state index in [1.165, 1.54) is 0 Å². The van der Waals surface area contributed by atoms with Gasteiger partial charge in [-0.05, 0) is 13.8 Å². The molecule has 3 heterocycles. The number of ether oxygens (including phenoxy) is 2. The third-order valence-electron chi connectivity index (χ3n) is 4.52.